The van der Waals surface area contributed by atoms with E-state index in [1.165, 1.54) is 34.4 Å². The molecule has 11 heteroatoms. The van der Waals surface area contributed by atoms with Gasteiger partial charge in [0, 0.05) is 17.3 Å². The highest BCUT2D eigenvalue weighted by atomic mass is 32.2. The summed E-state index contributed by atoms with van der Waals surface area (Å²) in [7, 11) is 0. The molecule has 0 fully saturated rings. The molecule has 0 atom stereocenters. The average molecular weight is 392 g/mol. The SMILES string of the molecule is O=C(CSc1nnc(NC(=O)Nc2ccccc2)s1)Nc1nccs1. The van der Waals surface area contributed by atoms with Crippen LogP contribution in [0.5, 0.6) is 0 Å². The molecular weight excluding hydrogens is 380 g/mol. The van der Waals surface area contributed by atoms with Crippen molar-refractivity contribution in [2.75, 3.05) is 21.7 Å². The summed E-state index contributed by atoms with van der Waals surface area (Å²) in [5.74, 6) is 0.0104. The largest absolute Gasteiger partial charge is 0.325 e. The summed E-state index contributed by atoms with van der Waals surface area (Å²) in [5, 5.41) is 18.5. The summed E-state index contributed by atoms with van der Waals surface area (Å²) in [6.07, 6.45) is 1.62. The summed E-state index contributed by atoms with van der Waals surface area (Å²) in [5.41, 5.74) is 0.679. The molecule has 2 heterocycles. The Balaban J connectivity index is 1.45. The molecule has 2 aromatic heterocycles. The smallest absolute Gasteiger partial charge is 0.308 e. The predicted molar refractivity (Wildman–Crippen MR) is 100 cm³/mol. The number of hydrogen-bond acceptors (Lipinski definition) is 8. The minimum atomic E-state index is -0.402. The molecule has 25 heavy (non-hydrogen) atoms. The van der Waals surface area contributed by atoms with Crippen molar-refractivity contribution in [3.05, 3.63) is 41.9 Å². The Morgan fingerprint density at radius 3 is 2.64 bits per heavy atom. The van der Waals surface area contributed by atoms with Gasteiger partial charge < -0.3 is 10.6 Å². The highest BCUT2D eigenvalue weighted by molar-refractivity contribution is 8.01. The van der Waals surface area contributed by atoms with E-state index in [1.54, 1.807) is 23.7 Å². The Labute approximate surface area is 155 Å². The van der Waals surface area contributed by atoms with Gasteiger partial charge >= 0.3 is 6.03 Å². The minimum Gasteiger partial charge on any atom is -0.308 e. The average Bonchev–Trinajstić information content (AvgIpc) is 3.26. The second kappa shape index (κ2) is 8.55. The van der Waals surface area contributed by atoms with Gasteiger partial charge in [0.15, 0.2) is 9.47 Å². The Morgan fingerprint density at radius 1 is 1.04 bits per heavy atom. The second-order valence-electron chi connectivity index (χ2n) is 4.49. The Bertz CT molecular complexity index is 837. The van der Waals surface area contributed by atoms with Crippen LogP contribution in [0.25, 0.3) is 0 Å². The molecule has 0 unspecified atom stereocenters. The van der Waals surface area contributed by atoms with E-state index in [0.29, 0.717) is 20.3 Å². The van der Waals surface area contributed by atoms with Crippen molar-refractivity contribution in [2.24, 2.45) is 0 Å². The monoisotopic (exact) mass is 392 g/mol. The molecule has 3 amide bonds. The maximum atomic E-state index is 11.9. The molecule has 8 nitrogen and oxygen atoms in total. The summed E-state index contributed by atoms with van der Waals surface area (Å²) in [6, 6.07) is 8.67. The van der Waals surface area contributed by atoms with Crippen LogP contribution in [0.15, 0.2) is 46.2 Å². The lowest BCUT2D eigenvalue weighted by Crippen LogP contribution is -2.19. The van der Waals surface area contributed by atoms with Crippen LogP contribution in [0.1, 0.15) is 0 Å². The molecule has 0 saturated heterocycles. The van der Waals surface area contributed by atoms with Crippen LogP contribution < -0.4 is 16.0 Å². The van der Waals surface area contributed by atoms with Crippen LogP contribution in [0, 0.1) is 0 Å². The molecule has 0 spiro atoms. The van der Waals surface area contributed by atoms with E-state index < -0.39 is 6.03 Å². The molecule has 0 saturated carbocycles. The first-order chi connectivity index (χ1) is 12.2. The number of carbonyl (C=O) groups is 2. The number of anilines is 3. The van der Waals surface area contributed by atoms with E-state index in [9.17, 15) is 9.59 Å². The molecule has 0 bridgehead atoms. The number of amides is 3. The van der Waals surface area contributed by atoms with Gasteiger partial charge in [0.25, 0.3) is 0 Å². The number of nitrogens with one attached hydrogen (secondary N) is 3. The van der Waals surface area contributed by atoms with Crippen molar-refractivity contribution < 1.29 is 9.59 Å². The van der Waals surface area contributed by atoms with Crippen LogP contribution in [0.3, 0.4) is 0 Å². The van der Waals surface area contributed by atoms with Crippen molar-refractivity contribution in [3.63, 3.8) is 0 Å². The van der Waals surface area contributed by atoms with Gasteiger partial charge in [0.05, 0.1) is 5.75 Å². The van der Waals surface area contributed by atoms with Crippen LogP contribution in [0.2, 0.25) is 0 Å². The Morgan fingerprint density at radius 2 is 1.88 bits per heavy atom. The molecule has 0 aliphatic heterocycles. The van der Waals surface area contributed by atoms with Gasteiger partial charge in [0.2, 0.25) is 11.0 Å². The summed E-state index contributed by atoms with van der Waals surface area (Å²) < 4.78 is 0.587. The first kappa shape index (κ1) is 17.3. The van der Waals surface area contributed by atoms with Crippen molar-refractivity contribution >= 4 is 62.3 Å². The highest BCUT2D eigenvalue weighted by Crippen LogP contribution is 2.25. The fourth-order valence-corrected chi connectivity index (χ4v) is 3.76. The summed E-state index contributed by atoms with van der Waals surface area (Å²) in [6.45, 7) is 0. The fraction of sp³-hybridized carbons (Fsp3) is 0.0714. The van der Waals surface area contributed by atoms with E-state index in [4.69, 9.17) is 0 Å². The third-order valence-electron chi connectivity index (χ3n) is 2.66. The fourth-order valence-electron chi connectivity index (χ4n) is 1.67. The van der Waals surface area contributed by atoms with Gasteiger partial charge in [-0.1, -0.05) is 41.3 Å². The predicted octanol–water partition coefficient (Wildman–Crippen LogP) is 3.37. The van der Waals surface area contributed by atoms with Gasteiger partial charge in [-0.25, -0.2) is 9.78 Å². The standard InChI is InChI=1S/C14H12N6O2S3/c21-10(17-12-15-6-7-23-12)8-24-14-20-19-13(25-14)18-11(22)16-9-4-2-1-3-5-9/h1-7H,8H2,(H,15,17,21)(H2,16,18,19,22). The first-order valence-electron chi connectivity index (χ1n) is 6.98. The lowest BCUT2D eigenvalue weighted by molar-refractivity contribution is -0.113. The maximum absolute atomic E-state index is 11.9. The van der Waals surface area contributed by atoms with Crippen molar-refractivity contribution in [3.8, 4) is 0 Å². The first-order valence-corrected chi connectivity index (χ1v) is 9.66. The zero-order chi connectivity index (χ0) is 17.5. The number of nitrogens with zero attached hydrogens (tertiary/aromatic N) is 3. The number of benzene rings is 1. The Kier molecular flexibility index (Phi) is 5.93. The van der Waals surface area contributed by atoms with E-state index in [-0.39, 0.29) is 11.7 Å². The quantitative estimate of drug-likeness (QED) is 0.438. The number of thiazole rings is 1. The number of hydrogen-bond donors (Lipinski definition) is 3. The van der Waals surface area contributed by atoms with Gasteiger partial charge in [-0.15, -0.1) is 21.5 Å². The van der Waals surface area contributed by atoms with E-state index >= 15 is 0 Å². The molecule has 3 rings (SSSR count). The lowest BCUT2D eigenvalue weighted by Gasteiger charge is -2.03. The molecule has 3 N–H and O–H groups in total. The molecule has 128 valence electrons. The van der Waals surface area contributed by atoms with Crippen molar-refractivity contribution in [1.29, 1.82) is 0 Å². The molecular formula is C14H12N6O2S3. The molecule has 1 aromatic carbocycles. The number of aromatic nitrogens is 3. The topological polar surface area (TPSA) is 109 Å². The van der Waals surface area contributed by atoms with Gasteiger partial charge in [-0.3, -0.25) is 10.1 Å². The van der Waals surface area contributed by atoms with Gasteiger partial charge in [-0.2, -0.15) is 0 Å². The van der Waals surface area contributed by atoms with Gasteiger partial charge in [0.1, 0.15) is 0 Å². The molecule has 0 aliphatic carbocycles. The van der Waals surface area contributed by atoms with E-state index in [2.05, 4.69) is 31.1 Å². The second-order valence-corrected chi connectivity index (χ2v) is 7.59. The van der Waals surface area contributed by atoms with Crippen LogP contribution in [-0.2, 0) is 4.79 Å². The zero-order valence-corrected chi connectivity index (χ0v) is 15.1. The number of rotatable bonds is 6. The molecule has 3 aromatic rings. The van der Waals surface area contributed by atoms with Crippen LogP contribution >= 0.6 is 34.4 Å². The highest BCUT2D eigenvalue weighted by Gasteiger charge is 2.11. The Hall–Kier alpha value is -2.50. The van der Waals surface area contributed by atoms with Crippen LogP contribution in [0.4, 0.5) is 20.7 Å². The third-order valence-corrected chi connectivity index (χ3v) is 5.32. The maximum Gasteiger partial charge on any atom is 0.325 e. The number of para-hydroxylation sites is 1. The zero-order valence-electron chi connectivity index (χ0n) is 12.6. The van der Waals surface area contributed by atoms with E-state index in [1.807, 2.05) is 18.2 Å². The molecule has 0 aliphatic rings. The van der Waals surface area contributed by atoms with Crippen molar-refractivity contribution in [2.45, 2.75) is 4.34 Å². The van der Waals surface area contributed by atoms with Crippen molar-refractivity contribution in [1.82, 2.24) is 15.2 Å². The third kappa shape index (κ3) is 5.52. The minimum absolute atomic E-state index is 0.175. The van der Waals surface area contributed by atoms with Crippen LogP contribution in [-0.4, -0.2) is 32.9 Å². The number of thioether (sulfide) groups is 1. The van der Waals surface area contributed by atoms with E-state index in [0.717, 1.165) is 0 Å². The number of carbonyl (C=O) groups excluding carboxylic acids is 2. The summed E-state index contributed by atoms with van der Waals surface area (Å²) >= 11 is 3.79. The lowest BCUT2D eigenvalue weighted by atomic mass is 10.3. The number of urea groups is 1. The van der Waals surface area contributed by atoms with Gasteiger partial charge in [-0.05, 0) is 12.1 Å². The molecule has 0 radical (unpaired) electrons. The summed E-state index contributed by atoms with van der Waals surface area (Å²) in [4.78, 5) is 27.6. The normalized spacial score (nSPS) is 10.2.